The Morgan fingerprint density at radius 1 is 1.36 bits per heavy atom. The Morgan fingerprint density at radius 3 is 2.86 bits per heavy atom. The van der Waals surface area contributed by atoms with E-state index in [9.17, 15) is 0 Å². The van der Waals surface area contributed by atoms with Crippen LogP contribution in [0.3, 0.4) is 0 Å². The van der Waals surface area contributed by atoms with E-state index in [-0.39, 0.29) is 5.11 Å². The molecule has 22 heavy (non-hydrogen) atoms. The summed E-state index contributed by atoms with van der Waals surface area (Å²) >= 11 is 4.76. The van der Waals surface area contributed by atoms with Crippen LogP contribution in [-0.2, 0) is 0 Å². The molecule has 0 spiro atoms. The van der Waals surface area contributed by atoms with Crippen LogP contribution in [0.15, 0.2) is 23.3 Å². The normalized spacial score (nSPS) is 16.9. The molecule has 1 aromatic carbocycles. The number of thiocarbonyl (C=S) groups is 1. The summed E-state index contributed by atoms with van der Waals surface area (Å²) in [6, 6.07) is 6.13. The maximum absolute atomic E-state index is 5.39. The summed E-state index contributed by atoms with van der Waals surface area (Å²) in [5.41, 5.74) is 11.9. The number of hydrogen-bond acceptors (Lipinski definition) is 3. The lowest BCUT2D eigenvalue weighted by Crippen LogP contribution is -2.25. The van der Waals surface area contributed by atoms with Crippen LogP contribution in [0.25, 0.3) is 11.0 Å². The number of aromatic amines is 1. The van der Waals surface area contributed by atoms with Crippen LogP contribution >= 0.6 is 12.2 Å². The molecule has 0 aliphatic heterocycles. The fourth-order valence-electron chi connectivity index (χ4n) is 3.03. The fourth-order valence-corrected chi connectivity index (χ4v) is 3.07. The first kappa shape index (κ1) is 15.0. The van der Waals surface area contributed by atoms with Crippen molar-refractivity contribution in [1.82, 2.24) is 15.4 Å². The van der Waals surface area contributed by atoms with E-state index in [4.69, 9.17) is 22.9 Å². The Bertz CT molecular complexity index is 712. The molecule has 0 bridgehead atoms. The summed E-state index contributed by atoms with van der Waals surface area (Å²) in [6.07, 6.45) is 6.45. The molecular formula is C16H21N5S. The number of nitrogens with two attached hydrogens (primary N) is 1. The summed E-state index contributed by atoms with van der Waals surface area (Å²) < 4.78 is 0. The summed E-state index contributed by atoms with van der Waals surface area (Å²) in [4.78, 5) is 8.25. The van der Waals surface area contributed by atoms with Gasteiger partial charge in [-0.3, -0.25) is 5.43 Å². The zero-order valence-electron chi connectivity index (χ0n) is 12.7. The van der Waals surface area contributed by atoms with Crippen LogP contribution in [0, 0.1) is 0 Å². The van der Waals surface area contributed by atoms with Gasteiger partial charge in [-0.25, -0.2) is 4.98 Å². The van der Waals surface area contributed by atoms with E-state index in [1.54, 1.807) is 0 Å². The van der Waals surface area contributed by atoms with Crippen LogP contribution in [0.5, 0.6) is 0 Å². The lowest BCUT2D eigenvalue weighted by molar-refractivity contribution is 0.431. The van der Waals surface area contributed by atoms with E-state index < -0.39 is 0 Å². The number of rotatable bonds is 3. The van der Waals surface area contributed by atoms with Gasteiger partial charge in [0.25, 0.3) is 0 Å². The molecule has 6 heteroatoms. The average molecular weight is 315 g/mol. The number of nitrogens with zero attached hydrogens (tertiary/aromatic N) is 2. The summed E-state index contributed by atoms with van der Waals surface area (Å²) in [5, 5.41) is 4.33. The summed E-state index contributed by atoms with van der Waals surface area (Å²) in [5.74, 6) is 1.71. The molecule has 0 unspecified atom stereocenters. The molecule has 0 amide bonds. The molecule has 4 N–H and O–H groups in total. The first-order valence-electron chi connectivity index (χ1n) is 7.73. The summed E-state index contributed by atoms with van der Waals surface area (Å²) in [7, 11) is 0. The van der Waals surface area contributed by atoms with Gasteiger partial charge < -0.3 is 10.7 Å². The van der Waals surface area contributed by atoms with E-state index in [1.165, 1.54) is 32.1 Å². The second-order valence-corrected chi connectivity index (χ2v) is 6.30. The highest BCUT2D eigenvalue weighted by Gasteiger charge is 2.18. The molecule has 0 saturated heterocycles. The van der Waals surface area contributed by atoms with Crippen molar-refractivity contribution < 1.29 is 0 Å². The minimum Gasteiger partial charge on any atom is -0.375 e. The van der Waals surface area contributed by atoms with Crippen LogP contribution in [0.4, 0.5) is 0 Å². The molecule has 2 aromatic rings. The van der Waals surface area contributed by atoms with Crippen molar-refractivity contribution in [1.29, 1.82) is 0 Å². The zero-order valence-corrected chi connectivity index (χ0v) is 13.5. The van der Waals surface area contributed by atoms with Gasteiger partial charge in [-0.2, -0.15) is 5.10 Å². The third-order valence-corrected chi connectivity index (χ3v) is 4.33. The molecule has 1 aliphatic rings. The van der Waals surface area contributed by atoms with E-state index in [0.29, 0.717) is 5.92 Å². The highest BCUT2D eigenvalue weighted by Crippen LogP contribution is 2.32. The van der Waals surface area contributed by atoms with Crippen molar-refractivity contribution in [3.63, 3.8) is 0 Å². The molecule has 116 valence electrons. The quantitative estimate of drug-likeness (QED) is 0.462. The number of H-pyrrole nitrogens is 1. The average Bonchev–Trinajstić information content (AvgIpc) is 2.96. The molecule has 1 saturated carbocycles. The monoisotopic (exact) mass is 315 g/mol. The van der Waals surface area contributed by atoms with Gasteiger partial charge in [0.2, 0.25) is 0 Å². The number of fused-ring (bicyclic) bond motifs is 1. The van der Waals surface area contributed by atoms with Gasteiger partial charge in [-0.1, -0.05) is 25.3 Å². The maximum atomic E-state index is 5.39. The SMILES string of the molecule is C/C(=N/NC(N)=S)c1ccc2nc(C3CCCCC3)[nH]c2c1. The number of imidazole rings is 1. The maximum Gasteiger partial charge on any atom is 0.184 e. The van der Waals surface area contributed by atoms with Crippen molar-refractivity contribution in [2.45, 2.75) is 44.9 Å². The highest BCUT2D eigenvalue weighted by atomic mass is 32.1. The fraction of sp³-hybridized carbons (Fsp3) is 0.438. The van der Waals surface area contributed by atoms with E-state index >= 15 is 0 Å². The number of hydrazone groups is 1. The van der Waals surface area contributed by atoms with Crippen molar-refractivity contribution in [2.75, 3.05) is 0 Å². The molecule has 3 rings (SSSR count). The standard InChI is InChI=1S/C16H21N5S/c1-10(20-21-16(17)22)12-7-8-13-14(9-12)19-15(18-13)11-5-3-2-4-6-11/h7-9,11H,2-6H2,1H3,(H,18,19)(H3,17,21,22)/b20-10-. The van der Waals surface area contributed by atoms with Gasteiger partial charge in [0.15, 0.2) is 5.11 Å². The van der Waals surface area contributed by atoms with Crippen LogP contribution in [0.2, 0.25) is 0 Å². The molecule has 1 aliphatic carbocycles. The van der Waals surface area contributed by atoms with Gasteiger partial charge in [-0.15, -0.1) is 0 Å². The minimum atomic E-state index is 0.168. The highest BCUT2D eigenvalue weighted by molar-refractivity contribution is 7.80. The first-order chi connectivity index (χ1) is 10.6. The predicted molar refractivity (Wildman–Crippen MR) is 94.1 cm³/mol. The number of nitrogens with one attached hydrogen (secondary N) is 2. The molecule has 1 fully saturated rings. The predicted octanol–water partition coefficient (Wildman–Crippen LogP) is 3.17. The van der Waals surface area contributed by atoms with Crippen LogP contribution < -0.4 is 11.2 Å². The Morgan fingerprint density at radius 2 is 2.14 bits per heavy atom. The van der Waals surface area contributed by atoms with Gasteiger partial charge in [0.05, 0.1) is 16.7 Å². The minimum absolute atomic E-state index is 0.168. The van der Waals surface area contributed by atoms with Gasteiger partial charge in [-0.05, 0) is 49.7 Å². The number of hydrogen-bond donors (Lipinski definition) is 3. The summed E-state index contributed by atoms with van der Waals surface area (Å²) in [6.45, 7) is 1.92. The van der Waals surface area contributed by atoms with Crippen molar-refractivity contribution in [3.05, 3.63) is 29.6 Å². The molecule has 5 nitrogen and oxygen atoms in total. The van der Waals surface area contributed by atoms with Crippen molar-refractivity contribution in [2.24, 2.45) is 10.8 Å². The Hall–Kier alpha value is -1.95. The molecule has 0 atom stereocenters. The Kier molecular flexibility index (Phi) is 4.38. The lowest BCUT2D eigenvalue weighted by Gasteiger charge is -2.18. The third-order valence-electron chi connectivity index (χ3n) is 4.24. The van der Waals surface area contributed by atoms with Crippen molar-refractivity contribution in [3.8, 4) is 0 Å². The second kappa shape index (κ2) is 6.44. The van der Waals surface area contributed by atoms with E-state index in [1.807, 2.05) is 19.1 Å². The Labute approximate surface area is 135 Å². The molecule has 1 aromatic heterocycles. The molecule has 1 heterocycles. The lowest BCUT2D eigenvalue weighted by atomic mass is 9.89. The topological polar surface area (TPSA) is 79.1 Å². The number of aromatic nitrogens is 2. The molecular weight excluding hydrogens is 294 g/mol. The number of benzene rings is 1. The van der Waals surface area contributed by atoms with Crippen molar-refractivity contribution >= 4 is 34.1 Å². The van der Waals surface area contributed by atoms with Gasteiger partial charge >= 0.3 is 0 Å². The largest absolute Gasteiger partial charge is 0.375 e. The Balaban J connectivity index is 1.86. The smallest absolute Gasteiger partial charge is 0.184 e. The zero-order chi connectivity index (χ0) is 15.5. The first-order valence-corrected chi connectivity index (χ1v) is 8.14. The van der Waals surface area contributed by atoms with Gasteiger partial charge in [0, 0.05) is 5.92 Å². The van der Waals surface area contributed by atoms with E-state index in [0.717, 1.165) is 28.1 Å². The van der Waals surface area contributed by atoms with E-state index in [2.05, 4.69) is 21.6 Å². The second-order valence-electron chi connectivity index (χ2n) is 5.86. The molecule has 0 radical (unpaired) electrons. The van der Waals surface area contributed by atoms with Crippen LogP contribution in [-0.4, -0.2) is 20.8 Å². The third kappa shape index (κ3) is 3.27. The van der Waals surface area contributed by atoms with Gasteiger partial charge in [0.1, 0.15) is 5.82 Å². The van der Waals surface area contributed by atoms with Crippen LogP contribution in [0.1, 0.15) is 56.3 Å².